The number of hydrogen-bond acceptors (Lipinski definition) is 3. The molecule has 140 valence electrons. The Labute approximate surface area is 163 Å². The SMILES string of the molecule is CC(C)CC(NC(=O)Cc1csc(-c2cccc(F)c2)n1)c1ccccc1. The van der Waals surface area contributed by atoms with Gasteiger partial charge in [-0.3, -0.25) is 4.79 Å². The summed E-state index contributed by atoms with van der Waals surface area (Å²) in [6.07, 6.45) is 1.09. The molecular weight excluding hydrogens is 359 g/mol. The quantitative estimate of drug-likeness (QED) is 0.595. The van der Waals surface area contributed by atoms with Crippen LogP contribution in [0.25, 0.3) is 10.6 Å². The summed E-state index contributed by atoms with van der Waals surface area (Å²) in [5.74, 6) is 0.122. The zero-order valence-corrected chi connectivity index (χ0v) is 16.3. The van der Waals surface area contributed by atoms with Crippen LogP contribution in [-0.2, 0) is 11.2 Å². The van der Waals surface area contributed by atoms with E-state index in [4.69, 9.17) is 0 Å². The lowest BCUT2D eigenvalue weighted by Gasteiger charge is -2.21. The van der Waals surface area contributed by atoms with Crippen LogP contribution in [0.3, 0.4) is 0 Å². The van der Waals surface area contributed by atoms with E-state index in [1.54, 1.807) is 6.07 Å². The van der Waals surface area contributed by atoms with E-state index in [9.17, 15) is 9.18 Å². The molecule has 0 aliphatic rings. The fourth-order valence-electron chi connectivity index (χ4n) is 2.99. The molecule has 0 saturated carbocycles. The first-order valence-corrected chi connectivity index (χ1v) is 9.94. The van der Waals surface area contributed by atoms with Crippen molar-refractivity contribution in [2.45, 2.75) is 32.7 Å². The third-order valence-electron chi connectivity index (χ3n) is 4.21. The molecule has 27 heavy (non-hydrogen) atoms. The topological polar surface area (TPSA) is 42.0 Å². The Hall–Kier alpha value is -2.53. The van der Waals surface area contributed by atoms with Gasteiger partial charge in [0.1, 0.15) is 10.8 Å². The smallest absolute Gasteiger partial charge is 0.226 e. The third-order valence-corrected chi connectivity index (χ3v) is 5.15. The number of nitrogens with zero attached hydrogens (tertiary/aromatic N) is 1. The number of benzene rings is 2. The molecule has 1 aromatic heterocycles. The molecule has 1 amide bonds. The van der Waals surface area contributed by atoms with Gasteiger partial charge in [0.05, 0.1) is 18.2 Å². The average Bonchev–Trinajstić information content (AvgIpc) is 3.10. The van der Waals surface area contributed by atoms with Crippen molar-refractivity contribution in [2.24, 2.45) is 5.92 Å². The maximum Gasteiger partial charge on any atom is 0.226 e. The van der Waals surface area contributed by atoms with Gasteiger partial charge in [-0.2, -0.15) is 0 Å². The summed E-state index contributed by atoms with van der Waals surface area (Å²) in [5, 5.41) is 5.72. The number of thiazole rings is 1. The van der Waals surface area contributed by atoms with Gasteiger partial charge in [0, 0.05) is 10.9 Å². The zero-order chi connectivity index (χ0) is 19.2. The van der Waals surface area contributed by atoms with Gasteiger partial charge in [-0.25, -0.2) is 9.37 Å². The van der Waals surface area contributed by atoms with Gasteiger partial charge < -0.3 is 5.32 Å². The normalized spacial score (nSPS) is 12.1. The summed E-state index contributed by atoms with van der Waals surface area (Å²) in [6.45, 7) is 4.29. The highest BCUT2D eigenvalue weighted by atomic mass is 32.1. The van der Waals surface area contributed by atoms with Crippen molar-refractivity contribution in [1.82, 2.24) is 10.3 Å². The molecule has 0 aliphatic heterocycles. The number of carbonyl (C=O) groups is 1. The van der Waals surface area contributed by atoms with Crippen LogP contribution >= 0.6 is 11.3 Å². The lowest BCUT2D eigenvalue weighted by molar-refractivity contribution is -0.121. The summed E-state index contributed by atoms with van der Waals surface area (Å²) in [7, 11) is 0. The summed E-state index contributed by atoms with van der Waals surface area (Å²) in [5.41, 5.74) is 2.54. The summed E-state index contributed by atoms with van der Waals surface area (Å²) in [6, 6.07) is 16.4. The fourth-order valence-corrected chi connectivity index (χ4v) is 3.80. The Kier molecular flexibility index (Phi) is 6.35. The van der Waals surface area contributed by atoms with Gasteiger partial charge in [0.25, 0.3) is 0 Å². The fraction of sp³-hybridized carbons (Fsp3) is 0.273. The molecule has 0 fully saturated rings. The zero-order valence-electron chi connectivity index (χ0n) is 15.5. The lowest BCUT2D eigenvalue weighted by Crippen LogP contribution is -2.30. The standard InChI is InChI=1S/C22H23FN2OS/c1-15(2)11-20(16-7-4-3-5-8-16)25-21(26)13-19-14-27-22(24-19)17-9-6-10-18(23)12-17/h3-10,12,14-15,20H,11,13H2,1-2H3,(H,25,26). The first-order valence-electron chi connectivity index (χ1n) is 9.06. The molecule has 1 N–H and O–H groups in total. The van der Waals surface area contributed by atoms with Gasteiger partial charge >= 0.3 is 0 Å². The third kappa shape index (κ3) is 5.47. The molecule has 5 heteroatoms. The van der Waals surface area contributed by atoms with Gasteiger partial charge in [-0.1, -0.05) is 56.3 Å². The van der Waals surface area contributed by atoms with Crippen LogP contribution in [0.4, 0.5) is 4.39 Å². The largest absolute Gasteiger partial charge is 0.349 e. The van der Waals surface area contributed by atoms with Crippen LogP contribution in [0.1, 0.15) is 37.6 Å². The number of halogens is 1. The van der Waals surface area contributed by atoms with E-state index >= 15 is 0 Å². The molecule has 0 saturated heterocycles. The first-order chi connectivity index (χ1) is 13.0. The summed E-state index contributed by atoms with van der Waals surface area (Å²) < 4.78 is 13.4. The number of aromatic nitrogens is 1. The van der Waals surface area contributed by atoms with E-state index in [0.717, 1.165) is 22.6 Å². The monoisotopic (exact) mass is 382 g/mol. The second kappa shape index (κ2) is 8.91. The minimum absolute atomic E-state index is 0.0139. The first kappa shape index (κ1) is 19.2. The van der Waals surface area contributed by atoms with Crippen LogP contribution in [0.2, 0.25) is 0 Å². The highest BCUT2D eigenvalue weighted by molar-refractivity contribution is 7.13. The van der Waals surface area contributed by atoms with Crippen LogP contribution in [0.15, 0.2) is 60.0 Å². The van der Waals surface area contributed by atoms with E-state index in [0.29, 0.717) is 11.6 Å². The van der Waals surface area contributed by atoms with Crippen molar-refractivity contribution in [3.8, 4) is 10.6 Å². The summed E-state index contributed by atoms with van der Waals surface area (Å²) in [4.78, 5) is 17.1. The van der Waals surface area contributed by atoms with Crippen LogP contribution in [0.5, 0.6) is 0 Å². The Balaban J connectivity index is 1.67. The molecule has 3 aromatic rings. The lowest BCUT2D eigenvalue weighted by atomic mass is 9.97. The van der Waals surface area contributed by atoms with Gasteiger partial charge in [0.2, 0.25) is 5.91 Å². The molecular formula is C22H23FN2OS. The highest BCUT2D eigenvalue weighted by Crippen LogP contribution is 2.25. The highest BCUT2D eigenvalue weighted by Gasteiger charge is 2.17. The Bertz CT molecular complexity index is 892. The van der Waals surface area contributed by atoms with E-state index in [-0.39, 0.29) is 24.2 Å². The van der Waals surface area contributed by atoms with E-state index in [2.05, 4.69) is 24.1 Å². The molecule has 3 nitrogen and oxygen atoms in total. The van der Waals surface area contributed by atoms with Crippen LogP contribution < -0.4 is 5.32 Å². The van der Waals surface area contributed by atoms with Crippen molar-refractivity contribution in [2.75, 3.05) is 0 Å². The average molecular weight is 383 g/mol. The van der Waals surface area contributed by atoms with Gasteiger partial charge in [0.15, 0.2) is 0 Å². The number of carbonyl (C=O) groups excluding carboxylic acids is 1. The van der Waals surface area contributed by atoms with Crippen LogP contribution in [-0.4, -0.2) is 10.9 Å². The maximum atomic E-state index is 13.4. The molecule has 0 spiro atoms. The van der Waals surface area contributed by atoms with Gasteiger partial charge in [-0.05, 0) is 30.0 Å². The minimum Gasteiger partial charge on any atom is -0.349 e. The Morgan fingerprint density at radius 1 is 1.15 bits per heavy atom. The van der Waals surface area contributed by atoms with E-state index < -0.39 is 0 Å². The number of rotatable bonds is 7. The Morgan fingerprint density at radius 3 is 2.63 bits per heavy atom. The molecule has 0 aliphatic carbocycles. The second-order valence-corrected chi connectivity index (χ2v) is 7.85. The molecule has 1 heterocycles. The molecule has 1 unspecified atom stereocenters. The van der Waals surface area contributed by atoms with Crippen molar-refractivity contribution >= 4 is 17.2 Å². The molecule has 2 aromatic carbocycles. The van der Waals surface area contributed by atoms with Crippen molar-refractivity contribution < 1.29 is 9.18 Å². The van der Waals surface area contributed by atoms with E-state index in [1.165, 1.54) is 23.5 Å². The molecule has 0 radical (unpaired) electrons. The van der Waals surface area contributed by atoms with Crippen molar-refractivity contribution in [3.63, 3.8) is 0 Å². The predicted octanol–water partition coefficient (Wildman–Crippen LogP) is 5.40. The van der Waals surface area contributed by atoms with Crippen molar-refractivity contribution in [1.29, 1.82) is 0 Å². The second-order valence-electron chi connectivity index (χ2n) is 6.99. The molecule has 1 atom stereocenters. The summed E-state index contributed by atoms with van der Waals surface area (Å²) >= 11 is 1.42. The molecule has 3 rings (SSSR count). The minimum atomic E-state index is -0.290. The number of hydrogen-bond donors (Lipinski definition) is 1. The maximum absolute atomic E-state index is 13.4. The van der Waals surface area contributed by atoms with Crippen molar-refractivity contribution in [3.05, 3.63) is 77.1 Å². The predicted molar refractivity (Wildman–Crippen MR) is 108 cm³/mol. The number of nitrogens with one attached hydrogen (secondary N) is 1. The van der Waals surface area contributed by atoms with Gasteiger partial charge in [-0.15, -0.1) is 11.3 Å². The van der Waals surface area contributed by atoms with E-state index in [1.807, 2.05) is 41.8 Å². The molecule has 0 bridgehead atoms. The Morgan fingerprint density at radius 2 is 1.93 bits per heavy atom. The number of amides is 1. The van der Waals surface area contributed by atoms with Crippen LogP contribution in [0, 0.1) is 11.7 Å².